The highest BCUT2D eigenvalue weighted by molar-refractivity contribution is 9.10. The molecule has 142 valence electrons. The number of amides is 4. The van der Waals surface area contributed by atoms with E-state index in [1.165, 1.54) is 18.5 Å². The zero-order chi connectivity index (χ0) is 20.4. The molecule has 7 nitrogen and oxygen atoms in total. The molecule has 1 N–H and O–H groups in total. The summed E-state index contributed by atoms with van der Waals surface area (Å²) in [6, 6.07) is 15.2. The topological polar surface area (TPSA) is 92.3 Å². The van der Waals surface area contributed by atoms with Crippen molar-refractivity contribution < 1.29 is 14.4 Å². The van der Waals surface area contributed by atoms with Gasteiger partial charge in [0, 0.05) is 28.0 Å². The van der Waals surface area contributed by atoms with E-state index in [9.17, 15) is 14.4 Å². The van der Waals surface area contributed by atoms with E-state index in [1.54, 1.807) is 24.3 Å². The van der Waals surface area contributed by atoms with Crippen LogP contribution in [0.4, 0.5) is 10.5 Å². The van der Waals surface area contributed by atoms with Crippen molar-refractivity contribution >= 4 is 45.5 Å². The number of aromatic nitrogens is 2. The smallest absolute Gasteiger partial charge is 0.273 e. The van der Waals surface area contributed by atoms with Crippen LogP contribution in [-0.4, -0.2) is 27.8 Å². The minimum atomic E-state index is -0.796. The molecule has 2 aromatic carbocycles. The third kappa shape index (κ3) is 3.83. The number of nitrogens with one attached hydrogen (secondary N) is 1. The van der Waals surface area contributed by atoms with Crippen LogP contribution in [-0.2, 0) is 9.59 Å². The van der Waals surface area contributed by atoms with Crippen LogP contribution in [0.5, 0.6) is 0 Å². The van der Waals surface area contributed by atoms with Crippen molar-refractivity contribution in [2.75, 3.05) is 4.90 Å². The van der Waals surface area contributed by atoms with Gasteiger partial charge in [0.2, 0.25) is 0 Å². The highest BCUT2D eigenvalue weighted by atomic mass is 79.9. The van der Waals surface area contributed by atoms with E-state index in [1.807, 2.05) is 30.3 Å². The lowest BCUT2D eigenvalue weighted by Gasteiger charge is -2.26. The maximum atomic E-state index is 12.8. The molecule has 1 aliphatic heterocycles. The Morgan fingerprint density at radius 3 is 2.21 bits per heavy atom. The highest BCUT2D eigenvalue weighted by Gasteiger charge is 2.36. The molecule has 2 heterocycles. The Hall–Kier alpha value is -3.65. The van der Waals surface area contributed by atoms with Gasteiger partial charge in [-0.05, 0) is 30.3 Å². The number of hydrogen-bond acceptors (Lipinski definition) is 5. The quantitative estimate of drug-likeness (QED) is 0.488. The molecule has 1 fully saturated rings. The number of barbiturate groups is 1. The summed E-state index contributed by atoms with van der Waals surface area (Å²) in [4.78, 5) is 46.8. The molecule has 0 bridgehead atoms. The van der Waals surface area contributed by atoms with Crippen molar-refractivity contribution in [2.45, 2.75) is 0 Å². The third-order valence-corrected chi connectivity index (χ3v) is 4.73. The first-order valence-corrected chi connectivity index (χ1v) is 9.37. The number of hydrogen-bond donors (Lipinski definition) is 1. The molecular weight excluding hydrogens is 436 g/mol. The maximum absolute atomic E-state index is 12.8. The predicted octanol–water partition coefficient (Wildman–Crippen LogP) is 3.57. The Kier molecular flexibility index (Phi) is 5.01. The fourth-order valence-corrected chi connectivity index (χ4v) is 3.06. The van der Waals surface area contributed by atoms with Crippen LogP contribution in [0.3, 0.4) is 0 Å². The molecule has 4 rings (SSSR count). The first-order chi connectivity index (χ1) is 14.0. The number of halogens is 1. The normalized spacial score (nSPS) is 15.6. The van der Waals surface area contributed by atoms with Gasteiger partial charge in [0.1, 0.15) is 5.57 Å². The van der Waals surface area contributed by atoms with Crippen LogP contribution in [0.15, 0.2) is 77.0 Å². The molecule has 4 amide bonds. The summed E-state index contributed by atoms with van der Waals surface area (Å²) >= 11 is 3.30. The summed E-state index contributed by atoms with van der Waals surface area (Å²) in [7, 11) is 0. The summed E-state index contributed by atoms with van der Waals surface area (Å²) in [5, 5.41) is 2.19. The van der Waals surface area contributed by atoms with E-state index in [0.717, 1.165) is 14.9 Å². The summed E-state index contributed by atoms with van der Waals surface area (Å²) in [5.41, 5.74) is 1.49. The van der Waals surface area contributed by atoms with E-state index in [4.69, 9.17) is 0 Å². The number of carbonyl (C=O) groups is 3. The molecule has 0 saturated carbocycles. The van der Waals surface area contributed by atoms with Gasteiger partial charge in [0.25, 0.3) is 11.8 Å². The molecule has 3 aromatic rings. The molecular formula is C21H13BrN4O3. The number of anilines is 1. The third-order valence-electron chi connectivity index (χ3n) is 4.20. The Morgan fingerprint density at radius 2 is 1.55 bits per heavy atom. The molecule has 0 radical (unpaired) electrons. The molecule has 0 aliphatic carbocycles. The molecule has 1 aromatic heterocycles. The van der Waals surface area contributed by atoms with Crippen molar-refractivity contribution in [3.63, 3.8) is 0 Å². The molecule has 8 heteroatoms. The molecule has 1 aliphatic rings. The molecule has 0 atom stereocenters. The predicted molar refractivity (Wildman–Crippen MR) is 111 cm³/mol. The summed E-state index contributed by atoms with van der Waals surface area (Å²) < 4.78 is 0.800. The molecule has 0 spiro atoms. The van der Waals surface area contributed by atoms with E-state index in [-0.39, 0.29) is 5.57 Å². The number of nitrogens with zero attached hydrogens (tertiary/aromatic N) is 3. The fourth-order valence-electron chi connectivity index (χ4n) is 2.80. The SMILES string of the molecule is O=C1NC(=O)N(c2ccc(Br)cc2)C(=O)/C1=C/c1cnc(-c2ccccc2)nc1. The number of imide groups is 2. The van der Waals surface area contributed by atoms with Gasteiger partial charge in [-0.15, -0.1) is 0 Å². The first-order valence-electron chi connectivity index (χ1n) is 8.57. The first kappa shape index (κ1) is 18.7. The van der Waals surface area contributed by atoms with Crippen LogP contribution in [0.25, 0.3) is 17.5 Å². The van der Waals surface area contributed by atoms with Crippen LogP contribution in [0, 0.1) is 0 Å². The average Bonchev–Trinajstić information content (AvgIpc) is 2.73. The van der Waals surface area contributed by atoms with Crippen molar-refractivity contribution in [3.8, 4) is 11.4 Å². The molecule has 29 heavy (non-hydrogen) atoms. The monoisotopic (exact) mass is 448 g/mol. The van der Waals surface area contributed by atoms with Crippen LogP contribution >= 0.6 is 15.9 Å². The molecule has 1 saturated heterocycles. The van der Waals surface area contributed by atoms with Gasteiger partial charge in [0.15, 0.2) is 5.82 Å². The summed E-state index contributed by atoms with van der Waals surface area (Å²) in [6.07, 6.45) is 4.40. The largest absolute Gasteiger partial charge is 0.335 e. The average molecular weight is 449 g/mol. The van der Waals surface area contributed by atoms with Crippen molar-refractivity contribution in [1.82, 2.24) is 15.3 Å². The van der Waals surface area contributed by atoms with Crippen molar-refractivity contribution in [3.05, 3.63) is 82.6 Å². The minimum Gasteiger partial charge on any atom is -0.273 e. The van der Waals surface area contributed by atoms with Crippen molar-refractivity contribution in [1.29, 1.82) is 0 Å². The second-order valence-corrected chi connectivity index (χ2v) is 7.06. The van der Waals surface area contributed by atoms with E-state index in [0.29, 0.717) is 17.1 Å². The van der Waals surface area contributed by atoms with E-state index >= 15 is 0 Å². The Bertz CT molecular complexity index is 1130. The maximum Gasteiger partial charge on any atom is 0.335 e. The molecule has 0 unspecified atom stereocenters. The van der Waals surface area contributed by atoms with Crippen LogP contribution in [0.2, 0.25) is 0 Å². The van der Waals surface area contributed by atoms with E-state index in [2.05, 4.69) is 31.2 Å². The van der Waals surface area contributed by atoms with Gasteiger partial charge in [0.05, 0.1) is 5.69 Å². The standard InChI is InChI=1S/C21H13BrN4O3/c22-15-6-8-16(9-7-15)26-20(28)17(19(27)25-21(26)29)10-13-11-23-18(24-12-13)14-4-2-1-3-5-14/h1-12H,(H,25,27,29)/b17-10+. The number of benzene rings is 2. The second-order valence-electron chi connectivity index (χ2n) is 6.14. The van der Waals surface area contributed by atoms with Gasteiger partial charge in [-0.2, -0.15) is 0 Å². The van der Waals surface area contributed by atoms with Crippen molar-refractivity contribution in [2.24, 2.45) is 0 Å². The van der Waals surface area contributed by atoms with Crippen LogP contribution < -0.4 is 10.2 Å². The Morgan fingerprint density at radius 1 is 0.897 bits per heavy atom. The fraction of sp³-hybridized carbons (Fsp3) is 0. The number of urea groups is 1. The van der Waals surface area contributed by atoms with Gasteiger partial charge >= 0.3 is 6.03 Å². The van der Waals surface area contributed by atoms with Gasteiger partial charge in [-0.25, -0.2) is 19.7 Å². The van der Waals surface area contributed by atoms with Gasteiger partial charge < -0.3 is 0 Å². The van der Waals surface area contributed by atoms with E-state index < -0.39 is 17.8 Å². The zero-order valence-corrected chi connectivity index (χ0v) is 16.5. The summed E-state index contributed by atoms with van der Waals surface area (Å²) in [6.45, 7) is 0. The van der Waals surface area contributed by atoms with Gasteiger partial charge in [-0.3, -0.25) is 14.9 Å². The highest BCUT2D eigenvalue weighted by Crippen LogP contribution is 2.23. The second kappa shape index (κ2) is 7.76. The Labute approximate surface area is 174 Å². The number of rotatable bonds is 3. The summed E-state index contributed by atoms with van der Waals surface area (Å²) in [5.74, 6) is -0.951. The zero-order valence-electron chi connectivity index (χ0n) is 14.9. The lowest BCUT2D eigenvalue weighted by molar-refractivity contribution is -0.122. The Balaban J connectivity index is 1.65. The number of carbonyl (C=O) groups excluding carboxylic acids is 3. The van der Waals surface area contributed by atoms with Crippen LogP contribution in [0.1, 0.15) is 5.56 Å². The minimum absolute atomic E-state index is 0.177. The lowest BCUT2D eigenvalue weighted by Crippen LogP contribution is -2.54. The van der Waals surface area contributed by atoms with Gasteiger partial charge in [-0.1, -0.05) is 46.3 Å². The lowest BCUT2D eigenvalue weighted by atomic mass is 10.1.